The molecule has 2 amide bonds. The van der Waals surface area contributed by atoms with E-state index < -0.39 is 0 Å². The van der Waals surface area contributed by atoms with Crippen molar-refractivity contribution in [3.05, 3.63) is 39.5 Å². The van der Waals surface area contributed by atoms with Crippen LogP contribution in [-0.2, 0) is 12.8 Å². The third-order valence-electron chi connectivity index (χ3n) is 6.16. The number of aromatic nitrogens is 2. The van der Waals surface area contributed by atoms with Crippen LogP contribution < -0.4 is 20.9 Å². The van der Waals surface area contributed by atoms with Gasteiger partial charge in [0.1, 0.15) is 5.82 Å². The summed E-state index contributed by atoms with van der Waals surface area (Å²) in [5.41, 5.74) is 2.99. The smallest absolute Gasteiger partial charge is 0.319 e. The van der Waals surface area contributed by atoms with Gasteiger partial charge in [0.05, 0.1) is 16.4 Å². The van der Waals surface area contributed by atoms with Crippen molar-refractivity contribution in [1.82, 2.24) is 15.3 Å². The largest absolute Gasteiger partial charge is 0.362 e. The third kappa shape index (κ3) is 5.56. The number of urea groups is 1. The number of hydrogen-bond donors (Lipinski definition) is 3. The molecule has 172 valence electrons. The maximum Gasteiger partial charge on any atom is 0.319 e. The van der Waals surface area contributed by atoms with E-state index in [0.717, 1.165) is 50.3 Å². The second-order valence-corrected chi connectivity index (χ2v) is 9.66. The number of halogens is 2. The van der Waals surface area contributed by atoms with Gasteiger partial charge in [-0.1, -0.05) is 23.2 Å². The quantitative estimate of drug-likeness (QED) is 0.547. The molecule has 1 fully saturated rings. The molecule has 0 bridgehead atoms. The van der Waals surface area contributed by atoms with Gasteiger partial charge in [0.2, 0.25) is 5.95 Å². The summed E-state index contributed by atoms with van der Waals surface area (Å²) in [6.45, 7) is 0. The molecule has 2 aliphatic rings. The number of aryl methyl sites for hydroxylation is 1. The van der Waals surface area contributed by atoms with Crippen LogP contribution in [0.4, 0.5) is 22.2 Å². The first-order chi connectivity index (χ1) is 15.4. The molecule has 9 heteroatoms. The Balaban J connectivity index is 1.31. The first kappa shape index (κ1) is 22.9. The summed E-state index contributed by atoms with van der Waals surface area (Å²) in [5, 5.41) is 10.4. The van der Waals surface area contributed by atoms with Crippen LogP contribution in [-0.4, -0.2) is 42.2 Å². The molecule has 0 aliphatic heterocycles. The van der Waals surface area contributed by atoms with E-state index in [4.69, 9.17) is 33.2 Å². The van der Waals surface area contributed by atoms with Crippen molar-refractivity contribution >= 4 is 46.7 Å². The number of rotatable bonds is 5. The highest BCUT2D eigenvalue weighted by Crippen LogP contribution is 2.30. The number of amides is 2. The summed E-state index contributed by atoms with van der Waals surface area (Å²) in [4.78, 5) is 24.1. The normalized spacial score (nSPS) is 20.2. The van der Waals surface area contributed by atoms with Gasteiger partial charge in [-0.05, 0) is 69.6 Å². The van der Waals surface area contributed by atoms with Gasteiger partial charge < -0.3 is 20.9 Å². The van der Waals surface area contributed by atoms with Crippen molar-refractivity contribution in [3.8, 4) is 0 Å². The maximum atomic E-state index is 12.4. The first-order valence-corrected chi connectivity index (χ1v) is 12.0. The van der Waals surface area contributed by atoms with Crippen LogP contribution in [0.3, 0.4) is 0 Å². The number of nitrogens with one attached hydrogen (secondary N) is 3. The molecule has 7 nitrogen and oxygen atoms in total. The molecule has 4 rings (SSSR count). The van der Waals surface area contributed by atoms with Crippen LogP contribution >= 0.6 is 23.2 Å². The SMILES string of the molecule is CN(C)c1nc(N[C@H]2CC[C@@H](NC(=O)Nc3cc(Cl)ccc3Cl)CC2)nc2c1CCCC2. The van der Waals surface area contributed by atoms with Crippen LogP contribution in [0.2, 0.25) is 10.0 Å². The lowest BCUT2D eigenvalue weighted by atomic mass is 9.91. The predicted molar refractivity (Wildman–Crippen MR) is 131 cm³/mol. The Morgan fingerprint density at radius 2 is 1.75 bits per heavy atom. The summed E-state index contributed by atoms with van der Waals surface area (Å²) < 4.78 is 0. The van der Waals surface area contributed by atoms with Crippen molar-refractivity contribution in [2.75, 3.05) is 29.6 Å². The first-order valence-electron chi connectivity index (χ1n) is 11.3. The van der Waals surface area contributed by atoms with Gasteiger partial charge in [-0.2, -0.15) is 4.98 Å². The molecule has 1 aromatic carbocycles. The Kier molecular flexibility index (Phi) is 7.26. The molecule has 2 aliphatic carbocycles. The average molecular weight is 477 g/mol. The fourth-order valence-corrected chi connectivity index (χ4v) is 4.85. The van der Waals surface area contributed by atoms with Crippen molar-refractivity contribution in [3.63, 3.8) is 0 Å². The summed E-state index contributed by atoms with van der Waals surface area (Å²) >= 11 is 12.1. The Morgan fingerprint density at radius 3 is 2.50 bits per heavy atom. The zero-order chi connectivity index (χ0) is 22.7. The topological polar surface area (TPSA) is 82.2 Å². The van der Waals surface area contributed by atoms with Gasteiger partial charge in [0.15, 0.2) is 0 Å². The van der Waals surface area contributed by atoms with E-state index in [1.165, 1.54) is 24.1 Å². The summed E-state index contributed by atoms with van der Waals surface area (Å²) in [7, 11) is 4.08. The highest BCUT2D eigenvalue weighted by molar-refractivity contribution is 6.35. The van der Waals surface area contributed by atoms with Crippen molar-refractivity contribution < 1.29 is 4.79 Å². The number of carbonyl (C=O) groups excluding carboxylic acids is 1. The van der Waals surface area contributed by atoms with E-state index in [1.807, 2.05) is 14.1 Å². The van der Waals surface area contributed by atoms with E-state index in [2.05, 4.69) is 20.9 Å². The van der Waals surface area contributed by atoms with Crippen LogP contribution in [0.1, 0.15) is 49.8 Å². The minimum atomic E-state index is -0.265. The maximum absolute atomic E-state index is 12.4. The zero-order valence-electron chi connectivity index (χ0n) is 18.5. The van der Waals surface area contributed by atoms with E-state index in [9.17, 15) is 4.79 Å². The van der Waals surface area contributed by atoms with Crippen molar-refractivity contribution in [1.29, 1.82) is 0 Å². The zero-order valence-corrected chi connectivity index (χ0v) is 20.1. The molecule has 0 saturated heterocycles. The van der Waals surface area contributed by atoms with E-state index in [-0.39, 0.29) is 12.1 Å². The molecule has 0 radical (unpaired) electrons. The Bertz CT molecular complexity index is 975. The van der Waals surface area contributed by atoms with Crippen molar-refractivity contribution in [2.24, 2.45) is 0 Å². The van der Waals surface area contributed by atoms with Gasteiger partial charge >= 0.3 is 6.03 Å². The second kappa shape index (κ2) is 10.1. The standard InChI is InChI=1S/C23H30Cl2N6O/c1-31(2)21-17-5-3-4-6-19(17)28-22(30-21)26-15-8-10-16(11-9-15)27-23(32)29-20-13-14(24)7-12-18(20)25/h7,12-13,15-16H,3-6,8-11H2,1-2H3,(H,26,28,30)(H2,27,29,32)/t15-,16+. The number of fused-ring (bicyclic) bond motifs is 1. The highest BCUT2D eigenvalue weighted by Gasteiger charge is 2.25. The van der Waals surface area contributed by atoms with Gasteiger partial charge in [0, 0.05) is 36.8 Å². The third-order valence-corrected chi connectivity index (χ3v) is 6.72. The van der Waals surface area contributed by atoms with Crippen LogP contribution in [0.25, 0.3) is 0 Å². The van der Waals surface area contributed by atoms with E-state index in [1.54, 1.807) is 18.2 Å². The fraction of sp³-hybridized carbons (Fsp3) is 0.522. The van der Waals surface area contributed by atoms with Gasteiger partial charge in [-0.25, -0.2) is 9.78 Å². The Labute approximate surface area is 199 Å². The van der Waals surface area contributed by atoms with Gasteiger partial charge in [-0.3, -0.25) is 0 Å². The molecular formula is C23H30Cl2N6O. The molecule has 32 heavy (non-hydrogen) atoms. The van der Waals surface area contributed by atoms with Crippen LogP contribution in [0, 0.1) is 0 Å². The lowest BCUT2D eigenvalue weighted by molar-refractivity contribution is 0.243. The number of carbonyl (C=O) groups is 1. The number of nitrogens with zero attached hydrogens (tertiary/aromatic N) is 3. The van der Waals surface area contributed by atoms with Gasteiger partial charge in [-0.15, -0.1) is 0 Å². The number of hydrogen-bond acceptors (Lipinski definition) is 5. The van der Waals surface area contributed by atoms with Crippen LogP contribution in [0.5, 0.6) is 0 Å². The monoisotopic (exact) mass is 476 g/mol. The lowest BCUT2D eigenvalue weighted by Gasteiger charge is -2.30. The van der Waals surface area contributed by atoms with E-state index in [0.29, 0.717) is 21.8 Å². The highest BCUT2D eigenvalue weighted by atomic mass is 35.5. The molecular weight excluding hydrogens is 447 g/mol. The summed E-state index contributed by atoms with van der Waals surface area (Å²) in [5.74, 6) is 1.75. The predicted octanol–water partition coefficient (Wildman–Crippen LogP) is 5.27. The minimum absolute atomic E-state index is 0.118. The Morgan fingerprint density at radius 1 is 1.03 bits per heavy atom. The molecule has 0 unspecified atom stereocenters. The molecule has 1 heterocycles. The molecule has 2 aromatic rings. The van der Waals surface area contributed by atoms with E-state index >= 15 is 0 Å². The second-order valence-electron chi connectivity index (χ2n) is 8.81. The molecule has 0 spiro atoms. The average Bonchev–Trinajstić information content (AvgIpc) is 2.77. The lowest BCUT2D eigenvalue weighted by Crippen LogP contribution is -2.42. The molecule has 1 saturated carbocycles. The molecule has 0 atom stereocenters. The molecule has 3 N–H and O–H groups in total. The Hall–Kier alpha value is -2.25. The van der Waals surface area contributed by atoms with Crippen LogP contribution in [0.15, 0.2) is 18.2 Å². The number of anilines is 3. The number of benzene rings is 1. The summed E-state index contributed by atoms with van der Waals surface area (Å²) in [6, 6.07) is 5.16. The van der Waals surface area contributed by atoms with Gasteiger partial charge in [0.25, 0.3) is 0 Å². The summed E-state index contributed by atoms with van der Waals surface area (Å²) in [6.07, 6.45) is 8.15. The van der Waals surface area contributed by atoms with Crippen molar-refractivity contribution in [2.45, 2.75) is 63.5 Å². The molecule has 1 aromatic heterocycles. The minimum Gasteiger partial charge on any atom is -0.362 e. The fourth-order valence-electron chi connectivity index (χ4n) is 4.51.